The first kappa shape index (κ1) is 18.2. The second-order valence-corrected chi connectivity index (χ2v) is 5.47. The number of ether oxygens (including phenoxy) is 1. The van der Waals surface area contributed by atoms with Crippen molar-refractivity contribution in [1.29, 1.82) is 0 Å². The molecule has 8 nitrogen and oxygen atoms in total. The lowest BCUT2D eigenvalue weighted by molar-refractivity contribution is -0.386. The molecule has 1 aromatic heterocycles. The molecule has 8 heteroatoms. The molecule has 1 atom stereocenters. The van der Waals surface area contributed by atoms with Crippen LogP contribution in [0.5, 0.6) is 5.75 Å². The summed E-state index contributed by atoms with van der Waals surface area (Å²) in [5.41, 5.74) is 0.109. The van der Waals surface area contributed by atoms with Crippen molar-refractivity contribution in [2.75, 3.05) is 11.9 Å². The van der Waals surface area contributed by atoms with Gasteiger partial charge in [0.25, 0.3) is 11.2 Å². The molecule has 1 heterocycles. The molecule has 0 aliphatic heterocycles. The van der Waals surface area contributed by atoms with E-state index in [1.807, 2.05) is 6.92 Å². The average Bonchev–Trinajstić information content (AvgIpc) is 2.56. The van der Waals surface area contributed by atoms with Gasteiger partial charge in [0.2, 0.25) is 5.91 Å². The van der Waals surface area contributed by atoms with Crippen molar-refractivity contribution >= 4 is 17.3 Å². The van der Waals surface area contributed by atoms with E-state index in [0.29, 0.717) is 18.0 Å². The highest BCUT2D eigenvalue weighted by Gasteiger charge is 2.21. The molecular weight excluding hydrogens is 326 g/mol. The number of benzene rings is 1. The Labute approximate surface area is 144 Å². The summed E-state index contributed by atoms with van der Waals surface area (Å²) >= 11 is 0. The van der Waals surface area contributed by atoms with E-state index in [-0.39, 0.29) is 11.3 Å². The van der Waals surface area contributed by atoms with Gasteiger partial charge in [-0.2, -0.15) is 0 Å². The Balaban J connectivity index is 2.21. The van der Waals surface area contributed by atoms with Gasteiger partial charge in [0, 0.05) is 17.3 Å². The third-order valence-electron chi connectivity index (χ3n) is 3.69. The number of pyridine rings is 1. The van der Waals surface area contributed by atoms with Gasteiger partial charge in [-0.15, -0.1) is 0 Å². The van der Waals surface area contributed by atoms with Gasteiger partial charge in [0.1, 0.15) is 11.8 Å². The van der Waals surface area contributed by atoms with E-state index < -0.39 is 22.4 Å². The Kier molecular flexibility index (Phi) is 5.53. The summed E-state index contributed by atoms with van der Waals surface area (Å²) in [5.74, 6) is 0.225. The minimum atomic E-state index is -0.904. The number of nitrogens with one attached hydrogen (secondary N) is 1. The van der Waals surface area contributed by atoms with E-state index in [1.54, 1.807) is 24.3 Å². The molecule has 2 aromatic rings. The summed E-state index contributed by atoms with van der Waals surface area (Å²) in [6.45, 7) is 5.40. The van der Waals surface area contributed by atoms with E-state index in [9.17, 15) is 19.7 Å². The highest BCUT2D eigenvalue weighted by molar-refractivity contribution is 5.93. The van der Waals surface area contributed by atoms with Crippen molar-refractivity contribution in [3.05, 3.63) is 62.6 Å². The maximum absolute atomic E-state index is 12.4. The van der Waals surface area contributed by atoms with Crippen LogP contribution in [0.1, 0.15) is 25.5 Å². The lowest BCUT2D eigenvalue weighted by Crippen LogP contribution is -2.31. The van der Waals surface area contributed by atoms with Crippen molar-refractivity contribution in [3.8, 4) is 5.75 Å². The topological polar surface area (TPSA) is 103 Å². The van der Waals surface area contributed by atoms with Crippen molar-refractivity contribution in [3.63, 3.8) is 0 Å². The van der Waals surface area contributed by atoms with E-state index in [2.05, 4.69) is 5.32 Å². The first-order valence-corrected chi connectivity index (χ1v) is 7.74. The molecule has 25 heavy (non-hydrogen) atoms. The van der Waals surface area contributed by atoms with Crippen LogP contribution in [-0.4, -0.2) is 22.0 Å². The van der Waals surface area contributed by atoms with Crippen LogP contribution in [0.2, 0.25) is 0 Å². The third kappa shape index (κ3) is 4.23. The van der Waals surface area contributed by atoms with Crippen molar-refractivity contribution in [2.45, 2.75) is 26.8 Å². The van der Waals surface area contributed by atoms with Crippen LogP contribution in [0.4, 0.5) is 11.4 Å². The van der Waals surface area contributed by atoms with E-state index in [0.717, 1.165) is 16.8 Å². The molecule has 1 N–H and O–H groups in total. The molecule has 1 amide bonds. The van der Waals surface area contributed by atoms with Crippen LogP contribution in [-0.2, 0) is 4.79 Å². The minimum absolute atomic E-state index is 0.208. The normalized spacial score (nSPS) is 11.6. The number of nitrogens with zero attached hydrogens (tertiary/aromatic N) is 2. The van der Waals surface area contributed by atoms with Crippen molar-refractivity contribution in [1.82, 2.24) is 4.57 Å². The maximum Gasteiger partial charge on any atom is 0.288 e. The van der Waals surface area contributed by atoms with Gasteiger partial charge in [-0.25, -0.2) is 0 Å². The lowest BCUT2D eigenvalue weighted by Gasteiger charge is -2.15. The smallest absolute Gasteiger partial charge is 0.288 e. The van der Waals surface area contributed by atoms with Crippen molar-refractivity contribution < 1.29 is 14.5 Å². The second-order valence-electron chi connectivity index (χ2n) is 5.47. The second kappa shape index (κ2) is 7.61. The maximum atomic E-state index is 12.4. The van der Waals surface area contributed by atoms with Gasteiger partial charge in [0.15, 0.2) is 0 Å². The van der Waals surface area contributed by atoms with Crippen LogP contribution in [0, 0.1) is 17.0 Å². The summed E-state index contributed by atoms with van der Waals surface area (Å²) in [5, 5.41) is 13.7. The molecule has 2 rings (SSSR count). The summed E-state index contributed by atoms with van der Waals surface area (Å²) < 4.78 is 6.37. The Morgan fingerprint density at radius 1 is 1.36 bits per heavy atom. The lowest BCUT2D eigenvalue weighted by atomic mass is 10.2. The predicted octanol–water partition coefficient (Wildman–Crippen LogP) is 2.66. The van der Waals surface area contributed by atoms with E-state index in [1.165, 1.54) is 13.8 Å². The Morgan fingerprint density at radius 3 is 2.56 bits per heavy atom. The number of rotatable bonds is 6. The molecule has 0 bridgehead atoms. The summed E-state index contributed by atoms with van der Waals surface area (Å²) in [6.07, 6.45) is 1.10. The zero-order valence-corrected chi connectivity index (χ0v) is 14.2. The van der Waals surface area contributed by atoms with Crippen LogP contribution >= 0.6 is 0 Å². The van der Waals surface area contributed by atoms with Gasteiger partial charge in [-0.1, -0.05) is 0 Å². The number of aryl methyl sites for hydroxylation is 1. The Bertz CT molecular complexity index is 842. The summed E-state index contributed by atoms with van der Waals surface area (Å²) in [6, 6.07) is 7.03. The first-order valence-electron chi connectivity index (χ1n) is 7.74. The number of hydrogen-bond acceptors (Lipinski definition) is 5. The molecular formula is C17H19N3O5. The van der Waals surface area contributed by atoms with Crippen LogP contribution in [0.3, 0.4) is 0 Å². The van der Waals surface area contributed by atoms with Crippen molar-refractivity contribution in [2.24, 2.45) is 0 Å². The Morgan fingerprint density at radius 2 is 2.00 bits per heavy atom. The fourth-order valence-corrected chi connectivity index (χ4v) is 2.30. The number of carbonyl (C=O) groups is 1. The van der Waals surface area contributed by atoms with Gasteiger partial charge in [-0.3, -0.25) is 24.3 Å². The highest BCUT2D eigenvalue weighted by Crippen LogP contribution is 2.19. The first-order chi connectivity index (χ1) is 11.8. The quantitative estimate of drug-likeness (QED) is 0.640. The largest absolute Gasteiger partial charge is 0.494 e. The SMILES string of the molecule is CCOc1ccc(NC(=O)C(C)n2cc([N+](=O)[O-])c(C)cc2=O)cc1. The fraction of sp³-hybridized carbons (Fsp3) is 0.294. The van der Waals surface area contributed by atoms with E-state index >= 15 is 0 Å². The molecule has 0 spiro atoms. The molecule has 1 aromatic carbocycles. The summed E-state index contributed by atoms with van der Waals surface area (Å²) in [4.78, 5) is 34.9. The summed E-state index contributed by atoms with van der Waals surface area (Å²) in [7, 11) is 0. The standard InChI is InChI=1S/C17H19N3O5/c1-4-25-14-7-5-13(6-8-14)18-17(22)12(3)19-10-15(20(23)24)11(2)9-16(19)21/h5-10,12H,4H2,1-3H3,(H,18,22). The molecule has 0 saturated heterocycles. The van der Waals surface area contributed by atoms with Crippen LogP contribution in [0.15, 0.2) is 41.3 Å². The average molecular weight is 345 g/mol. The number of aromatic nitrogens is 1. The predicted molar refractivity (Wildman–Crippen MR) is 93.0 cm³/mol. The molecule has 0 aliphatic rings. The van der Waals surface area contributed by atoms with E-state index in [4.69, 9.17) is 4.74 Å². The number of anilines is 1. The van der Waals surface area contributed by atoms with Gasteiger partial charge < -0.3 is 10.1 Å². The zero-order chi connectivity index (χ0) is 18.6. The number of amides is 1. The van der Waals surface area contributed by atoms with Gasteiger partial charge >= 0.3 is 0 Å². The molecule has 0 fully saturated rings. The molecule has 0 saturated carbocycles. The minimum Gasteiger partial charge on any atom is -0.494 e. The van der Waals surface area contributed by atoms with Crippen LogP contribution < -0.4 is 15.6 Å². The Hall–Kier alpha value is -3.16. The number of carbonyl (C=O) groups excluding carboxylic acids is 1. The molecule has 1 unspecified atom stereocenters. The highest BCUT2D eigenvalue weighted by atomic mass is 16.6. The molecule has 132 valence electrons. The molecule has 0 radical (unpaired) electrons. The fourth-order valence-electron chi connectivity index (χ4n) is 2.30. The van der Waals surface area contributed by atoms with Gasteiger partial charge in [0.05, 0.1) is 17.7 Å². The third-order valence-corrected chi connectivity index (χ3v) is 3.69. The molecule has 0 aliphatic carbocycles. The number of nitro groups is 1. The monoisotopic (exact) mass is 345 g/mol. The zero-order valence-electron chi connectivity index (χ0n) is 14.2. The van der Waals surface area contributed by atoms with Crippen LogP contribution in [0.25, 0.3) is 0 Å². The number of hydrogen-bond donors (Lipinski definition) is 1. The van der Waals surface area contributed by atoms with Gasteiger partial charge in [-0.05, 0) is 45.0 Å².